The summed E-state index contributed by atoms with van der Waals surface area (Å²) in [6, 6.07) is 17.7. The van der Waals surface area contributed by atoms with E-state index in [0.717, 1.165) is 55.5 Å². The van der Waals surface area contributed by atoms with Gasteiger partial charge in [0.05, 0.1) is 11.4 Å². The normalized spacial score (nSPS) is 16.8. The molecule has 0 bridgehead atoms. The van der Waals surface area contributed by atoms with Crippen LogP contribution in [0.2, 0.25) is 0 Å². The lowest BCUT2D eigenvalue weighted by molar-refractivity contribution is 0.163. The number of hydrazine groups is 2. The van der Waals surface area contributed by atoms with Gasteiger partial charge in [-0.05, 0) is 93.5 Å². The molecule has 3 rings (SSSR count). The van der Waals surface area contributed by atoms with Crippen LogP contribution in [0.15, 0.2) is 48.5 Å². The van der Waals surface area contributed by atoms with Gasteiger partial charge in [0.2, 0.25) is 0 Å². The molecule has 0 unspecified atom stereocenters. The number of hydrogen-bond donors (Lipinski definition) is 1. The standard InChI is InChI=1S/C31H49N5S/c1-10-33(11-2)24-14-18-26(19-15-24)35-22-28(31(8,9)23-30(5,6)7)29(37)36(32-35)27-20-16-25(17-21-27)34(12-3)13-4/h14-21,28,32H,10-13,22-23H2,1-9H3/t28-/m0/s1. The van der Waals surface area contributed by atoms with Crippen LogP contribution in [0.5, 0.6) is 0 Å². The van der Waals surface area contributed by atoms with Crippen LogP contribution in [-0.4, -0.2) is 37.7 Å². The van der Waals surface area contributed by atoms with Crippen molar-refractivity contribution in [1.29, 1.82) is 0 Å². The molecule has 1 heterocycles. The van der Waals surface area contributed by atoms with Gasteiger partial charge in [0.25, 0.3) is 0 Å². The van der Waals surface area contributed by atoms with Crippen molar-refractivity contribution in [3.63, 3.8) is 0 Å². The van der Waals surface area contributed by atoms with Gasteiger partial charge in [0.1, 0.15) is 4.99 Å². The predicted octanol–water partition coefficient (Wildman–Crippen LogP) is 7.53. The third-order valence-electron chi connectivity index (χ3n) is 7.56. The van der Waals surface area contributed by atoms with E-state index in [0.29, 0.717) is 0 Å². The molecular formula is C31H49N5S. The van der Waals surface area contributed by atoms with Gasteiger partial charge in [0, 0.05) is 50.0 Å². The van der Waals surface area contributed by atoms with Gasteiger partial charge in [-0.2, -0.15) is 0 Å². The van der Waals surface area contributed by atoms with Crippen LogP contribution in [0, 0.1) is 16.7 Å². The number of nitrogens with one attached hydrogen (secondary N) is 1. The number of anilines is 4. The highest BCUT2D eigenvalue weighted by atomic mass is 32.1. The van der Waals surface area contributed by atoms with Crippen molar-refractivity contribution in [2.24, 2.45) is 16.7 Å². The third kappa shape index (κ3) is 6.97. The van der Waals surface area contributed by atoms with E-state index in [1.807, 2.05) is 0 Å². The summed E-state index contributed by atoms with van der Waals surface area (Å²) >= 11 is 6.21. The molecule has 1 N–H and O–H groups in total. The Morgan fingerprint density at radius 2 is 1.19 bits per heavy atom. The summed E-state index contributed by atoms with van der Waals surface area (Å²) in [4.78, 5) is 5.70. The van der Waals surface area contributed by atoms with Crippen LogP contribution in [0.4, 0.5) is 22.7 Å². The summed E-state index contributed by atoms with van der Waals surface area (Å²) in [5.74, 6) is 0.216. The monoisotopic (exact) mass is 523 g/mol. The fourth-order valence-electron chi connectivity index (χ4n) is 5.88. The topological polar surface area (TPSA) is 25.0 Å². The zero-order valence-electron chi connectivity index (χ0n) is 24.6. The van der Waals surface area contributed by atoms with E-state index in [9.17, 15) is 0 Å². The van der Waals surface area contributed by atoms with E-state index in [4.69, 9.17) is 12.2 Å². The lowest BCUT2D eigenvalue weighted by atomic mass is 9.68. The molecule has 0 radical (unpaired) electrons. The SMILES string of the molecule is CCN(CC)c1ccc(N2C[C@H](C(C)(C)CC(C)(C)C)C(=S)N(c3ccc(N(CC)CC)cc3)N2)cc1. The van der Waals surface area contributed by atoms with Crippen molar-refractivity contribution in [2.45, 2.75) is 68.7 Å². The van der Waals surface area contributed by atoms with Gasteiger partial charge < -0.3 is 9.80 Å². The lowest BCUT2D eigenvalue weighted by Gasteiger charge is -2.49. The van der Waals surface area contributed by atoms with Crippen molar-refractivity contribution in [1.82, 2.24) is 5.53 Å². The molecule has 0 aliphatic carbocycles. The zero-order valence-corrected chi connectivity index (χ0v) is 25.5. The van der Waals surface area contributed by atoms with Crippen LogP contribution in [-0.2, 0) is 0 Å². The highest BCUT2D eigenvalue weighted by molar-refractivity contribution is 7.80. The Bertz CT molecular complexity index is 1000. The van der Waals surface area contributed by atoms with Crippen LogP contribution in [0.3, 0.4) is 0 Å². The highest BCUT2D eigenvalue weighted by Crippen LogP contribution is 2.42. The second-order valence-corrected chi connectivity index (χ2v) is 12.5. The van der Waals surface area contributed by atoms with Crippen molar-refractivity contribution < 1.29 is 0 Å². The first-order valence-corrected chi connectivity index (χ1v) is 14.4. The Hall–Kier alpha value is -2.31. The average Bonchev–Trinajstić information content (AvgIpc) is 2.85. The molecule has 1 saturated heterocycles. The molecule has 6 heteroatoms. The molecule has 0 saturated carbocycles. The number of nitrogens with zero attached hydrogens (tertiary/aromatic N) is 4. The summed E-state index contributed by atoms with van der Waals surface area (Å²) in [5, 5.41) is 4.40. The quantitative estimate of drug-likeness (QED) is 0.323. The first kappa shape index (κ1) is 29.2. The van der Waals surface area contributed by atoms with Gasteiger partial charge in [-0.25, -0.2) is 0 Å². The summed E-state index contributed by atoms with van der Waals surface area (Å²) < 4.78 is 0. The Kier molecular flexibility index (Phi) is 9.52. The number of thiocarbonyl (C=S) groups is 1. The predicted molar refractivity (Wildman–Crippen MR) is 167 cm³/mol. The summed E-state index contributed by atoms with van der Waals surface area (Å²) in [6.07, 6.45) is 1.09. The second kappa shape index (κ2) is 12.0. The van der Waals surface area contributed by atoms with E-state index in [1.165, 1.54) is 11.4 Å². The van der Waals surface area contributed by atoms with E-state index < -0.39 is 0 Å². The smallest absolute Gasteiger partial charge is 0.105 e. The molecule has 1 aliphatic heterocycles. The molecular weight excluding hydrogens is 474 g/mol. The molecule has 1 aliphatic rings. The molecule has 0 spiro atoms. The number of hydrogen-bond acceptors (Lipinski definition) is 5. The summed E-state index contributed by atoms with van der Waals surface area (Å²) in [5.41, 5.74) is 8.63. The van der Waals surface area contributed by atoms with Gasteiger partial charge in [0.15, 0.2) is 0 Å². The Balaban J connectivity index is 1.97. The zero-order chi connectivity index (χ0) is 27.4. The first-order valence-electron chi connectivity index (χ1n) is 14.0. The molecule has 5 nitrogen and oxygen atoms in total. The van der Waals surface area contributed by atoms with Crippen LogP contribution < -0.4 is 25.4 Å². The van der Waals surface area contributed by atoms with Crippen molar-refractivity contribution in [2.75, 3.05) is 52.5 Å². The number of benzene rings is 2. The van der Waals surface area contributed by atoms with E-state index in [-0.39, 0.29) is 16.7 Å². The third-order valence-corrected chi connectivity index (χ3v) is 8.03. The molecule has 204 valence electrons. The van der Waals surface area contributed by atoms with Crippen LogP contribution in [0.1, 0.15) is 68.7 Å². The molecule has 2 aromatic carbocycles. The fraction of sp³-hybridized carbons (Fsp3) is 0.581. The Morgan fingerprint density at radius 1 is 0.757 bits per heavy atom. The van der Waals surface area contributed by atoms with E-state index in [2.05, 4.69) is 136 Å². The maximum absolute atomic E-state index is 6.21. The van der Waals surface area contributed by atoms with Gasteiger partial charge in [-0.1, -0.05) is 46.8 Å². The van der Waals surface area contributed by atoms with Crippen molar-refractivity contribution in [3.05, 3.63) is 48.5 Å². The maximum Gasteiger partial charge on any atom is 0.105 e. The van der Waals surface area contributed by atoms with E-state index >= 15 is 0 Å². The lowest BCUT2D eigenvalue weighted by Crippen LogP contribution is -2.64. The number of rotatable bonds is 10. The minimum absolute atomic E-state index is 0.0380. The maximum atomic E-state index is 6.21. The average molecular weight is 524 g/mol. The molecule has 37 heavy (non-hydrogen) atoms. The molecule has 1 atom stereocenters. The second-order valence-electron chi connectivity index (χ2n) is 12.0. The van der Waals surface area contributed by atoms with Gasteiger partial charge in [-0.15, -0.1) is 5.53 Å². The Labute approximate surface area is 231 Å². The summed E-state index contributed by atoms with van der Waals surface area (Å²) in [6.45, 7) is 25.4. The van der Waals surface area contributed by atoms with Crippen molar-refractivity contribution >= 4 is 40.0 Å². The fourth-order valence-corrected chi connectivity index (χ4v) is 6.42. The first-order chi connectivity index (χ1) is 17.4. The van der Waals surface area contributed by atoms with Crippen LogP contribution >= 0.6 is 12.2 Å². The molecule has 0 aromatic heterocycles. The van der Waals surface area contributed by atoms with Gasteiger partial charge >= 0.3 is 0 Å². The summed E-state index contributed by atoms with van der Waals surface area (Å²) in [7, 11) is 0. The van der Waals surface area contributed by atoms with Crippen LogP contribution in [0.25, 0.3) is 0 Å². The van der Waals surface area contributed by atoms with Crippen molar-refractivity contribution in [3.8, 4) is 0 Å². The van der Waals surface area contributed by atoms with Gasteiger partial charge in [-0.3, -0.25) is 10.0 Å². The van der Waals surface area contributed by atoms with E-state index in [1.54, 1.807) is 0 Å². The molecule has 2 aromatic rings. The Morgan fingerprint density at radius 3 is 1.59 bits per heavy atom. The minimum Gasteiger partial charge on any atom is -0.372 e. The largest absolute Gasteiger partial charge is 0.372 e. The highest BCUT2D eigenvalue weighted by Gasteiger charge is 2.42. The minimum atomic E-state index is 0.0380. The molecule has 1 fully saturated rings. The molecule has 0 amide bonds.